The van der Waals surface area contributed by atoms with Gasteiger partial charge in [0.05, 0.1) is 0 Å². The van der Waals surface area contributed by atoms with Crippen LogP contribution < -0.4 is 10.6 Å². The molecule has 0 spiro atoms. The topological polar surface area (TPSA) is 106 Å². The van der Waals surface area contributed by atoms with Crippen molar-refractivity contribution < 1.29 is 9.59 Å². The molecular formula is C8H4N4O2S. The summed E-state index contributed by atoms with van der Waals surface area (Å²) >= 11 is 4.57. The van der Waals surface area contributed by atoms with Gasteiger partial charge in [-0.2, -0.15) is 10.5 Å². The number of thiocarbonyl (C=S) groups is 1. The van der Waals surface area contributed by atoms with Crippen molar-refractivity contribution in [2.75, 3.05) is 0 Å². The van der Waals surface area contributed by atoms with Crippen LogP contribution in [-0.2, 0) is 9.59 Å². The summed E-state index contributed by atoms with van der Waals surface area (Å²) in [6.07, 6.45) is 0.992. The second-order valence-electron chi connectivity index (χ2n) is 2.59. The molecule has 1 saturated heterocycles. The fourth-order valence-electron chi connectivity index (χ4n) is 0.947. The highest BCUT2D eigenvalue weighted by Gasteiger charge is 2.31. The molecule has 2 amide bonds. The molecule has 1 fully saturated rings. The van der Waals surface area contributed by atoms with Crippen LogP contribution in [0.5, 0.6) is 0 Å². The summed E-state index contributed by atoms with van der Waals surface area (Å²) in [4.78, 5) is 22.5. The van der Waals surface area contributed by atoms with Gasteiger partial charge in [0, 0.05) is 0 Å². The van der Waals surface area contributed by atoms with Crippen molar-refractivity contribution in [2.24, 2.45) is 5.92 Å². The third-order valence-electron chi connectivity index (χ3n) is 1.61. The molecule has 2 N–H and O–H groups in total. The van der Waals surface area contributed by atoms with Gasteiger partial charge in [-0.15, -0.1) is 0 Å². The van der Waals surface area contributed by atoms with E-state index in [1.54, 1.807) is 12.1 Å². The van der Waals surface area contributed by atoms with Crippen molar-refractivity contribution in [2.45, 2.75) is 0 Å². The van der Waals surface area contributed by atoms with Crippen LogP contribution in [0.1, 0.15) is 0 Å². The molecular weight excluding hydrogens is 216 g/mol. The van der Waals surface area contributed by atoms with Crippen molar-refractivity contribution in [1.29, 1.82) is 10.5 Å². The number of nitriles is 2. The molecule has 0 atom stereocenters. The van der Waals surface area contributed by atoms with Crippen LogP contribution in [0.2, 0.25) is 0 Å². The summed E-state index contributed by atoms with van der Waals surface area (Å²) < 4.78 is 0. The van der Waals surface area contributed by atoms with Crippen molar-refractivity contribution in [3.63, 3.8) is 0 Å². The third-order valence-corrected chi connectivity index (χ3v) is 1.82. The number of nitrogens with zero attached hydrogens (tertiary/aromatic N) is 2. The maximum atomic E-state index is 11.3. The number of hydrogen-bond donors (Lipinski definition) is 2. The molecule has 0 saturated carbocycles. The van der Waals surface area contributed by atoms with E-state index in [1.807, 2.05) is 0 Å². The van der Waals surface area contributed by atoms with Gasteiger partial charge < -0.3 is 10.6 Å². The standard InChI is InChI=1S/C8H4N4O2S/c9-2-4(3-10)1-5-6(13)11-8(15)12-7(5)14/h1,5H,(H2,11,12,13,14,15). The second-order valence-corrected chi connectivity index (χ2v) is 3.00. The molecule has 1 aliphatic rings. The van der Waals surface area contributed by atoms with Crippen LogP contribution in [0.3, 0.4) is 0 Å². The van der Waals surface area contributed by atoms with E-state index in [0.29, 0.717) is 0 Å². The van der Waals surface area contributed by atoms with Crippen LogP contribution in [-0.4, -0.2) is 16.9 Å². The van der Waals surface area contributed by atoms with Crippen LogP contribution >= 0.6 is 12.2 Å². The molecule has 1 heterocycles. The van der Waals surface area contributed by atoms with E-state index in [1.165, 1.54) is 0 Å². The summed E-state index contributed by atoms with van der Waals surface area (Å²) in [5, 5.41) is 21.2. The van der Waals surface area contributed by atoms with Crippen LogP contribution in [0.4, 0.5) is 0 Å². The van der Waals surface area contributed by atoms with Gasteiger partial charge in [0.1, 0.15) is 23.6 Å². The minimum atomic E-state index is -1.19. The first-order valence-electron chi connectivity index (χ1n) is 3.76. The summed E-state index contributed by atoms with van der Waals surface area (Å²) in [6.45, 7) is 0. The van der Waals surface area contributed by atoms with Crippen molar-refractivity contribution >= 4 is 29.1 Å². The number of carbonyl (C=O) groups is 2. The van der Waals surface area contributed by atoms with E-state index in [2.05, 4.69) is 22.9 Å². The zero-order valence-electron chi connectivity index (χ0n) is 7.27. The number of nitrogens with one attached hydrogen (secondary N) is 2. The molecule has 0 radical (unpaired) electrons. The van der Waals surface area contributed by atoms with Gasteiger partial charge in [-0.1, -0.05) is 0 Å². The maximum absolute atomic E-state index is 11.3. The number of allylic oxidation sites excluding steroid dienone is 1. The van der Waals surface area contributed by atoms with E-state index < -0.39 is 17.7 Å². The van der Waals surface area contributed by atoms with E-state index in [-0.39, 0.29) is 10.7 Å². The quantitative estimate of drug-likeness (QED) is 0.338. The smallest absolute Gasteiger partial charge is 0.242 e. The fourth-order valence-corrected chi connectivity index (χ4v) is 1.15. The molecule has 7 heteroatoms. The molecule has 0 aromatic heterocycles. The number of rotatable bonds is 1. The average molecular weight is 220 g/mol. The summed E-state index contributed by atoms with van der Waals surface area (Å²) in [5.41, 5.74) is -0.293. The first kappa shape index (κ1) is 10.8. The highest BCUT2D eigenvalue weighted by atomic mass is 32.1. The summed E-state index contributed by atoms with van der Waals surface area (Å²) in [5.74, 6) is -2.48. The largest absolute Gasteiger partial charge is 0.302 e. The lowest BCUT2D eigenvalue weighted by molar-refractivity contribution is -0.132. The average Bonchev–Trinajstić information content (AvgIpc) is 2.17. The molecule has 0 aromatic rings. The summed E-state index contributed by atoms with van der Waals surface area (Å²) in [7, 11) is 0. The van der Waals surface area contributed by atoms with Crippen molar-refractivity contribution in [1.82, 2.24) is 10.6 Å². The van der Waals surface area contributed by atoms with Crippen LogP contribution in [0, 0.1) is 28.6 Å². The van der Waals surface area contributed by atoms with Crippen LogP contribution in [0.15, 0.2) is 11.6 Å². The first-order valence-corrected chi connectivity index (χ1v) is 4.17. The molecule has 6 nitrogen and oxygen atoms in total. The highest BCUT2D eigenvalue weighted by Crippen LogP contribution is 2.07. The molecule has 1 aliphatic heterocycles. The van der Waals surface area contributed by atoms with Gasteiger partial charge in [0.25, 0.3) is 0 Å². The SMILES string of the molecule is N#CC(C#N)=CC1C(=O)NC(=S)NC1=O. The van der Waals surface area contributed by atoms with Crippen molar-refractivity contribution in [3.8, 4) is 12.1 Å². The number of carbonyl (C=O) groups excluding carboxylic acids is 2. The molecule has 74 valence electrons. The molecule has 0 aromatic carbocycles. The molecule has 0 aliphatic carbocycles. The Kier molecular flexibility index (Phi) is 3.11. The second kappa shape index (κ2) is 4.31. The molecule has 0 unspecified atom stereocenters. The number of hydrogen-bond acceptors (Lipinski definition) is 5. The van der Waals surface area contributed by atoms with Gasteiger partial charge in [-0.3, -0.25) is 9.59 Å². The highest BCUT2D eigenvalue weighted by molar-refractivity contribution is 7.80. The van der Waals surface area contributed by atoms with Crippen LogP contribution in [0.25, 0.3) is 0 Å². The Morgan fingerprint density at radius 1 is 1.27 bits per heavy atom. The maximum Gasteiger partial charge on any atom is 0.242 e. The van der Waals surface area contributed by atoms with Gasteiger partial charge in [-0.25, -0.2) is 0 Å². The Labute approximate surface area is 90.2 Å². The first-order chi connectivity index (χ1) is 7.08. The normalized spacial score (nSPS) is 15.7. The van der Waals surface area contributed by atoms with Gasteiger partial charge >= 0.3 is 0 Å². The molecule has 1 rings (SSSR count). The van der Waals surface area contributed by atoms with E-state index in [9.17, 15) is 9.59 Å². The van der Waals surface area contributed by atoms with Gasteiger partial charge in [0.2, 0.25) is 11.8 Å². The lowest BCUT2D eigenvalue weighted by atomic mass is 10.0. The van der Waals surface area contributed by atoms with Gasteiger partial charge in [0.15, 0.2) is 5.11 Å². The minimum Gasteiger partial charge on any atom is -0.302 e. The molecule has 15 heavy (non-hydrogen) atoms. The predicted molar refractivity (Wildman–Crippen MR) is 51.7 cm³/mol. The van der Waals surface area contributed by atoms with Crippen molar-refractivity contribution in [3.05, 3.63) is 11.6 Å². The monoisotopic (exact) mass is 220 g/mol. The van der Waals surface area contributed by atoms with E-state index >= 15 is 0 Å². The number of amides is 2. The van der Waals surface area contributed by atoms with Gasteiger partial charge in [-0.05, 0) is 18.3 Å². The Morgan fingerprint density at radius 3 is 2.13 bits per heavy atom. The fraction of sp³-hybridized carbons (Fsp3) is 0.125. The third kappa shape index (κ3) is 2.36. The molecule has 0 bridgehead atoms. The lowest BCUT2D eigenvalue weighted by Crippen LogP contribution is -2.55. The van der Waals surface area contributed by atoms with E-state index in [0.717, 1.165) is 6.08 Å². The summed E-state index contributed by atoms with van der Waals surface area (Å²) in [6, 6.07) is 3.12. The predicted octanol–water partition coefficient (Wildman–Crippen LogP) is -0.893. The van der Waals surface area contributed by atoms with E-state index in [4.69, 9.17) is 10.5 Å². The Hall–Kier alpha value is -2.25. The zero-order chi connectivity index (χ0) is 11.4. The lowest BCUT2D eigenvalue weighted by Gasteiger charge is -2.19. The Balaban J connectivity index is 2.97. The zero-order valence-corrected chi connectivity index (χ0v) is 8.09. The Bertz CT molecular complexity index is 418. The minimum absolute atomic E-state index is 0.0786. The Morgan fingerprint density at radius 2 is 1.73 bits per heavy atom.